The molecule has 0 aliphatic heterocycles. The zero-order valence-corrected chi connectivity index (χ0v) is 13.3. The number of fused-ring (bicyclic) bond motifs is 1. The maximum Gasteiger partial charge on any atom is 0.249 e. The molecule has 5 nitrogen and oxygen atoms in total. The summed E-state index contributed by atoms with van der Waals surface area (Å²) in [7, 11) is -3.83. The number of aromatic nitrogens is 2. The van der Waals surface area contributed by atoms with Crippen molar-refractivity contribution in [3.05, 3.63) is 53.4 Å². The number of hydrogen-bond acceptors (Lipinski definition) is 4. The summed E-state index contributed by atoms with van der Waals surface area (Å²) in [6, 6.07) is 5.22. The largest absolute Gasteiger partial charge is 0.298 e. The fourth-order valence-electron chi connectivity index (χ4n) is 2.62. The summed E-state index contributed by atoms with van der Waals surface area (Å²) in [6.45, 7) is 1.55. The fraction of sp³-hybridized carbons (Fsp3) is 0.200. The van der Waals surface area contributed by atoms with Gasteiger partial charge < -0.3 is 0 Å². The van der Waals surface area contributed by atoms with E-state index >= 15 is 0 Å². The van der Waals surface area contributed by atoms with Gasteiger partial charge in [0.1, 0.15) is 11.0 Å². The third-order valence-corrected chi connectivity index (χ3v) is 6.21. The number of allylic oxidation sites excluding steroid dienone is 3. The molecule has 2 heterocycles. The lowest BCUT2D eigenvalue weighted by molar-refractivity contribution is -0.105. The molecule has 0 amide bonds. The van der Waals surface area contributed by atoms with E-state index in [4.69, 9.17) is 11.6 Å². The highest BCUT2D eigenvalue weighted by Crippen LogP contribution is 2.36. The van der Waals surface area contributed by atoms with Crippen molar-refractivity contribution in [1.29, 1.82) is 0 Å². The summed E-state index contributed by atoms with van der Waals surface area (Å²) in [5.41, 5.74) is 0.707. The number of carbonyl (C=O) groups excluding carboxylic acids is 1. The average molecular weight is 337 g/mol. The van der Waals surface area contributed by atoms with Crippen molar-refractivity contribution in [1.82, 2.24) is 8.96 Å². The first kappa shape index (κ1) is 15.0. The fourth-order valence-corrected chi connectivity index (χ4v) is 4.74. The minimum absolute atomic E-state index is 0.0710. The van der Waals surface area contributed by atoms with E-state index in [1.807, 2.05) is 0 Å². The quantitative estimate of drug-likeness (QED) is 0.808. The van der Waals surface area contributed by atoms with E-state index in [1.54, 1.807) is 25.1 Å². The summed E-state index contributed by atoms with van der Waals surface area (Å²) < 4.78 is 26.0. The molecular weight excluding hydrogens is 324 g/mol. The zero-order chi connectivity index (χ0) is 16.0. The van der Waals surface area contributed by atoms with E-state index in [2.05, 4.69) is 4.98 Å². The van der Waals surface area contributed by atoms with Crippen molar-refractivity contribution >= 4 is 38.9 Å². The summed E-state index contributed by atoms with van der Waals surface area (Å²) >= 11 is 6.00. The normalized spacial score (nSPS) is 22.3. The van der Waals surface area contributed by atoms with Crippen molar-refractivity contribution in [3.8, 4) is 0 Å². The molecule has 1 aliphatic carbocycles. The van der Waals surface area contributed by atoms with Gasteiger partial charge in [0.05, 0.1) is 0 Å². The Morgan fingerprint density at radius 3 is 2.91 bits per heavy atom. The monoisotopic (exact) mass is 336 g/mol. The van der Waals surface area contributed by atoms with Crippen LogP contribution in [0.1, 0.15) is 13.3 Å². The van der Waals surface area contributed by atoms with E-state index in [-0.39, 0.29) is 11.5 Å². The van der Waals surface area contributed by atoms with Crippen LogP contribution in [0, 0.1) is 0 Å². The Labute approximate surface area is 133 Å². The van der Waals surface area contributed by atoms with Gasteiger partial charge in [-0.05, 0) is 42.8 Å². The SMILES string of the molecule is CC1(S(=O)(=O)n2ccc3cccnc32)C=C(Cl)C=C(C=O)C1. The predicted molar refractivity (Wildman–Crippen MR) is 85.2 cm³/mol. The molecule has 7 heteroatoms. The first-order chi connectivity index (χ1) is 10.4. The molecule has 22 heavy (non-hydrogen) atoms. The third kappa shape index (κ3) is 2.19. The zero-order valence-electron chi connectivity index (χ0n) is 11.7. The minimum Gasteiger partial charge on any atom is -0.298 e. The van der Waals surface area contributed by atoms with Gasteiger partial charge in [-0.25, -0.2) is 17.4 Å². The van der Waals surface area contributed by atoms with Crippen molar-refractivity contribution < 1.29 is 13.2 Å². The van der Waals surface area contributed by atoms with Gasteiger partial charge in [0.15, 0.2) is 5.65 Å². The first-order valence-electron chi connectivity index (χ1n) is 6.59. The van der Waals surface area contributed by atoms with Crippen LogP contribution < -0.4 is 0 Å². The van der Waals surface area contributed by atoms with Crippen molar-refractivity contribution in [3.63, 3.8) is 0 Å². The Hall–Kier alpha value is -1.92. The van der Waals surface area contributed by atoms with Crippen molar-refractivity contribution in [2.45, 2.75) is 18.1 Å². The van der Waals surface area contributed by atoms with Crippen LogP contribution in [-0.2, 0) is 14.8 Å². The maximum absolute atomic E-state index is 13.1. The lowest BCUT2D eigenvalue weighted by Crippen LogP contribution is -2.39. The molecule has 0 radical (unpaired) electrons. The lowest BCUT2D eigenvalue weighted by Gasteiger charge is -2.29. The second kappa shape index (κ2) is 5.07. The maximum atomic E-state index is 13.1. The van der Waals surface area contributed by atoms with Gasteiger partial charge in [-0.1, -0.05) is 11.6 Å². The van der Waals surface area contributed by atoms with Crippen molar-refractivity contribution in [2.75, 3.05) is 0 Å². The van der Waals surface area contributed by atoms with Crippen LogP contribution in [0.2, 0.25) is 0 Å². The van der Waals surface area contributed by atoms with E-state index in [0.29, 0.717) is 17.5 Å². The molecular formula is C15H13ClN2O3S. The lowest BCUT2D eigenvalue weighted by atomic mass is 9.96. The summed E-state index contributed by atoms with van der Waals surface area (Å²) in [5.74, 6) is 0. The number of pyridine rings is 1. The van der Waals surface area contributed by atoms with Crippen LogP contribution >= 0.6 is 11.6 Å². The van der Waals surface area contributed by atoms with Gasteiger partial charge in [0.25, 0.3) is 0 Å². The summed E-state index contributed by atoms with van der Waals surface area (Å²) in [5, 5.41) is 0.968. The molecule has 0 bridgehead atoms. The second-order valence-electron chi connectivity index (χ2n) is 5.39. The molecule has 0 saturated heterocycles. The van der Waals surface area contributed by atoms with E-state index in [1.165, 1.54) is 24.5 Å². The number of aldehydes is 1. The molecule has 0 saturated carbocycles. The van der Waals surface area contributed by atoms with Crippen LogP contribution in [0.25, 0.3) is 11.0 Å². The average Bonchev–Trinajstić information content (AvgIpc) is 2.90. The van der Waals surface area contributed by atoms with E-state index < -0.39 is 14.8 Å². The topological polar surface area (TPSA) is 69.0 Å². The van der Waals surface area contributed by atoms with E-state index in [0.717, 1.165) is 9.36 Å². The molecule has 0 aromatic carbocycles. The van der Waals surface area contributed by atoms with Gasteiger partial charge in [-0.15, -0.1) is 0 Å². The van der Waals surface area contributed by atoms with Gasteiger partial charge in [0.2, 0.25) is 10.0 Å². The summed E-state index contributed by atoms with van der Waals surface area (Å²) in [4.78, 5) is 15.2. The number of hydrogen-bond donors (Lipinski definition) is 0. The third-order valence-electron chi connectivity index (χ3n) is 3.74. The van der Waals surface area contributed by atoms with Crippen LogP contribution in [0.5, 0.6) is 0 Å². The molecule has 1 unspecified atom stereocenters. The molecule has 2 aromatic heterocycles. The Bertz CT molecular complexity index is 927. The van der Waals surface area contributed by atoms with Gasteiger partial charge >= 0.3 is 0 Å². The highest BCUT2D eigenvalue weighted by Gasteiger charge is 2.41. The molecule has 2 aromatic rings. The van der Waals surface area contributed by atoms with Crippen molar-refractivity contribution in [2.24, 2.45) is 0 Å². The minimum atomic E-state index is -3.83. The molecule has 1 aliphatic rings. The molecule has 0 fully saturated rings. The number of carbonyl (C=O) groups is 1. The van der Waals surface area contributed by atoms with Crippen LogP contribution in [-0.4, -0.2) is 28.4 Å². The van der Waals surface area contributed by atoms with Gasteiger partial charge in [0, 0.05) is 29.2 Å². The Morgan fingerprint density at radius 1 is 1.41 bits per heavy atom. The van der Waals surface area contributed by atoms with Crippen LogP contribution in [0.3, 0.4) is 0 Å². The summed E-state index contributed by atoms with van der Waals surface area (Å²) in [6.07, 6.45) is 6.66. The van der Waals surface area contributed by atoms with E-state index in [9.17, 15) is 13.2 Å². The van der Waals surface area contributed by atoms with Crippen LogP contribution in [0.4, 0.5) is 0 Å². The Kier molecular flexibility index (Phi) is 3.45. The standard InChI is InChI=1S/C15H13ClN2O3S/c1-15(8-11(10-19)7-13(16)9-15)22(20,21)18-6-4-12-3-2-5-17-14(12)18/h2-7,9-10H,8H2,1H3. The Balaban J connectivity index is 2.18. The highest BCUT2D eigenvalue weighted by atomic mass is 35.5. The first-order valence-corrected chi connectivity index (χ1v) is 8.40. The molecule has 114 valence electrons. The number of nitrogens with zero attached hydrogens (tertiary/aromatic N) is 2. The molecule has 0 spiro atoms. The van der Waals surface area contributed by atoms with Crippen LogP contribution in [0.15, 0.2) is 53.4 Å². The molecule has 0 N–H and O–H groups in total. The number of rotatable bonds is 3. The van der Waals surface area contributed by atoms with Gasteiger partial charge in [-0.3, -0.25) is 4.79 Å². The highest BCUT2D eigenvalue weighted by molar-refractivity contribution is 7.91. The number of halogens is 1. The van der Waals surface area contributed by atoms with Gasteiger partial charge in [-0.2, -0.15) is 0 Å². The smallest absolute Gasteiger partial charge is 0.249 e. The molecule has 3 rings (SSSR count). The predicted octanol–water partition coefficient (Wildman–Crippen LogP) is 2.62. The molecule has 1 atom stereocenters. The Morgan fingerprint density at radius 2 is 2.18 bits per heavy atom. The second-order valence-corrected chi connectivity index (χ2v) is 8.10.